The first-order valence-corrected chi connectivity index (χ1v) is 9.09. The molecule has 0 unspecified atom stereocenters. The smallest absolute Gasteiger partial charge is 0.319 e. The first kappa shape index (κ1) is 19.4. The molecule has 0 bridgehead atoms. The summed E-state index contributed by atoms with van der Waals surface area (Å²) in [5, 5.41) is 7.02. The maximum Gasteiger partial charge on any atom is 0.319 e. The fraction of sp³-hybridized carbons (Fsp3) is 0.105. The van der Waals surface area contributed by atoms with Crippen molar-refractivity contribution < 1.29 is 23.5 Å². The Kier molecular flexibility index (Phi) is 6.28. The van der Waals surface area contributed by atoms with Gasteiger partial charge in [-0.1, -0.05) is 12.1 Å². The maximum atomic E-state index is 12.8. The number of imide groups is 1. The number of benzene rings is 2. The summed E-state index contributed by atoms with van der Waals surface area (Å²) < 4.78 is 18.3. The molecule has 1 saturated heterocycles. The van der Waals surface area contributed by atoms with Crippen LogP contribution in [0.3, 0.4) is 0 Å². The molecule has 0 radical (unpaired) electrons. The molecule has 3 rings (SSSR count). The van der Waals surface area contributed by atoms with Crippen molar-refractivity contribution >= 4 is 40.7 Å². The highest BCUT2D eigenvalue weighted by Gasteiger charge is 2.24. The van der Waals surface area contributed by atoms with Gasteiger partial charge in [-0.15, -0.1) is 0 Å². The van der Waals surface area contributed by atoms with Crippen LogP contribution in [-0.4, -0.2) is 30.3 Å². The lowest BCUT2D eigenvalue weighted by Gasteiger charge is -2.09. The van der Waals surface area contributed by atoms with Crippen LogP contribution in [0.1, 0.15) is 5.56 Å². The molecule has 28 heavy (non-hydrogen) atoms. The third kappa shape index (κ3) is 5.58. The molecule has 1 fully saturated rings. The van der Waals surface area contributed by atoms with Gasteiger partial charge in [0.25, 0.3) is 11.1 Å². The van der Waals surface area contributed by atoms with E-state index in [0.717, 1.165) is 17.3 Å². The summed E-state index contributed by atoms with van der Waals surface area (Å²) in [6.45, 7) is 0.530. The molecule has 144 valence electrons. The van der Waals surface area contributed by atoms with Crippen LogP contribution >= 0.6 is 11.8 Å². The monoisotopic (exact) mass is 401 g/mol. The van der Waals surface area contributed by atoms with Gasteiger partial charge in [0.15, 0.2) is 0 Å². The van der Waals surface area contributed by atoms with Crippen LogP contribution in [0.2, 0.25) is 0 Å². The Bertz CT molecular complexity index is 914. The molecule has 7 nitrogen and oxygen atoms in total. The number of halogens is 1. The topological polar surface area (TPSA) is 96.5 Å². The van der Waals surface area contributed by atoms with E-state index in [1.165, 1.54) is 24.3 Å². The molecule has 0 aliphatic carbocycles. The molecule has 0 saturated carbocycles. The van der Waals surface area contributed by atoms with Crippen LogP contribution in [0.15, 0.2) is 53.4 Å². The minimum absolute atomic E-state index is 0.254. The largest absolute Gasteiger partial charge is 0.492 e. The van der Waals surface area contributed by atoms with Gasteiger partial charge >= 0.3 is 6.03 Å². The van der Waals surface area contributed by atoms with E-state index in [1.54, 1.807) is 30.3 Å². The van der Waals surface area contributed by atoms with E-state index in [1.807, 2.05) is 0 Å². The number of amides is 4. The van der Waals surface area contributed by atoms with Gasteiger partial charge in [-0.2, -0.15) is 0 Å². The van der Waals surface area contributed by atoms with Crippen LogP contribution < -0.4 is 20.7 Å². The maximum absolute atomic E-state index is 12.8. The SMILES string of the molecule is O=C(NCCOc1ccc(/C=C2\SC(=O)NC2=O)cc1)Nc1ccc(F)cc1. The third-order valence-corrected chi connectivity index (χ3v) is 4.39. The number of ether oxygens (including phenoxy) is 1. The summed E-state index contributed by atoms with van der Waals surface area (Å²) >= 11 is 0.859. The lowest BCUT2D eigenvalue weighted by Crippen LogP contribution is -2.32. The fourth-order valence-corrected chi connectivity index (χ4v) is 2.96. The van der Waals surface area contributed by atoms with Gasteiger partial charge in [-0.3, -0.25) is 14.9 Å². The highest BCUT2D eigenvalue weighted by Crippen LogP contribution is 2.26. The lowest BCUT2D eigenvalue weighted by atomic mass is 10.2. The summed E-state index contributed by atoms with van der Waals surface area (Å²) in [4.78, 5) is 34.7. The second kappa shape index (κ2) is 9.05. The summed E-state index contributed by atoms with van der Waals surface area (Å²) in [5.74, 6) is -0.178. The number of carbonyl (C=O) groups is 3. The lowest BCUT2D eigenvalue weighted by molar-refractivity contribution is -0.115. The van der Waals surface area contributed by atoms with Crippen molar-refractivity contribution in [2.75, 3.05) is 18.5 Å². The second-order valence-corrected chi connectivity index (χ2v) is 6.67. The van der Waals surface area contributed by atoms with Crippen molar-refractivity contribution in [3.63, 3.8) is 0 Å². The average Bonchev–Trinajstić information content (AvgIpc) is 2.99. The van der Waals surface area contributed by atoms with Crippen molar-refractivity contribution in [1.82, 2.24) is 10.6 Å². The van der Waals surface area contributed by atoms with Gasteiger partial charge in [0.1, 0.15) is 18.2 Å². The van der Waals surface area contributed by atoms with E-state index in [9.17, 15) is 18.8 Å². The van der Waals surface area contributed by atoms with Crippen molar-refractivity contribution in [2.45, 2.75) is 0 Å². The summed E-state index contributed by atoms with van der Waals surface area (Å²) in [6.07, 6.45) is 1.62. The van der Waals surface area contributed by atoms with E-state index in [-0.39, 0.29) is 24.2 Å². The number of thioether (sulfide) groups is 1. The summed E-state index contributed by atoms with van der Waals surface area (Å²) in [5.41, 5.74) is 1.25. The molecular formula is C19H16FN3O4S. The average molecular weight is 401 g/mol. The van der Waals surface area contributed by atoms with Gasteiger partial charge in [0.05, 0.1) is 11.4 Å². The summed E-state index contributed by atoms with van der Waals surface area (Å²) in [7, 11) is 0. The van der Waals surface area contributed by atoms with Crippen molar-refractivity contribution in [3.05, 3.63) is 64.8 Å². The number of hydrogen-bond acceptors (Lipinski definition) is 5. The highest BCUT2D eigenvalue weighted by atomic mass is 32.2. The van der Waals surface area contributed by atoms with Crippen molar-refractivity contribution in [1.29, 1.82) is 0 Å². The number of nitrogens with one attached hydrogen (secondary N) is 3. The Labute approximate surface area is 164 Å². The van der Waals surface area contributed by atoms with Crippen molar-refractivity contribution in [3.8, 4) is 5.75 Å². The van der Waals surface area contributed by atoms with E-state index < -0.39 is 11.9 Å². The third-order valence-electron chi connectivity index (χ3n) is 3.58. The van der Waals surface area contributed by atoms with Gasteiger partial charge in [-0.05, 0) is 59.8 Å². The minimum Gasteiger partial charge on any atom is -0.492 e. The number of rotatable bonds is 6. The van der Waals surface area contributed by atoms with Gasteiger partial charge in [0.2, 0.25) is 0 Å². The second-order valence-electron chi connectivity index (χ2n) is 5.66. The molecule has 2 aromatic carbocycles. The van der Waals surface area contributed by atoms with E-state index in [0.29, 0.717) is 16.3 Å². The normalized spacial score (nSPS) is 14.7. The zero-order chi connectivity index (χ0) is 19.9. The Morgan fingerprint density at radius 1 is 1.11 bits per heavy atom. The Balaban J connectivity index is 1.41. The number of urea groups is 1. The van der Waals surface area contributed by atoms with Crippen molar-refractivity contribution in [2.24, 2.45) is 0 Å². The molecule has 9 heteroatoms. The molecule has 1 heterocycles. The van der Waals surface area contributed by atoms with E-state index in [2.05, 4.69) is 16.0 Å². The Morgan fingerprint density at radius 3 is 2.46 bits per heavy atom. The van der Waals surface area contributed by atoms with E-state index in [4.69, 9.17) is 4.74 Å². The predicted molar refractivity (Wildman–Crippen MR) is 104 cm³/mol. The minimum atomic E-state index is -0.418. The number of hydrogen-bond donors (Lipinski definition) is 3. The van der Waals surface area contributed by atoms with Crippen LogP contribution in [0.4, 0.5) is 19.7 Å². The van der Waals surface area contributed by atoms with Crippen LogP contribution in [-0.2, 0) is 4.79 Å². The van der Waals surface area contributed by atoms with Crippen LogP contribution in [0.25, 0.3) is 6.08 Å². The zero-order valence-corrected chi connectivity index (χ0v) is 15.3. The summed E-state index contributed by atoms with van der Waals surface area (Å²) in [6, 6.07) is 12.0. The molecule has 1 aliphatic heterocycles. The van der Waals surface area contributed by atoms with Gasteiger partial charge in [-0.25, -0.2) is 9.18 Å². The Hall–Kier alpha value is -3.33. The number of carbonyl (C=O) groups excluding carboxylic acids is 3. The number of anilines is 1. The van der Waals surface area contributed by atoms with Gasteiger partial charge in [0, 0.05) is 5.69 Å². The Morgan fingerprint density at radius 2 is 1.82 bits per heavy atom. The first-order chi connectivity index (χ1) is 13.5. The van der Waals surface area contributed by atoms with E-state index >= 15 is 0 Å². The molecule has 0 spiro atoms. The molecule has 4 amide bonds. The molecule has 3 N–H and O–H groups in total. The fourth-order valence-electron chi connectivity index (χ4n) is 2.27. The van der Waals surface area contributed by atoms with Gasteiger partial charge < -0.3 is 15.4 Å². The molecule has 0 atom stereocenters. The molecule has 2 aromatic rings. The first-order valence-electron chi connectivity index (χ1n) is 8.28. The predicted octanol–water partition coefficient (Wildman–Crippen LogP) is 3.35. The van der Waals surface area contributed by atoms with Crippen LogP contribution in [0, 0.1) is 5.82 Å². The van der Waals surface area contributed by atoms with Crippen LogP contribution in [0.5, 0.6) is 5.75 Å². The molecular weight excluding hydrogens is 385 g/mol. The zero-order valence-electron chi connectivity index (χ0n) is 14.5. The molecule has 0 aromatic heterocycles. The molecule has 1 aliphatic rings. The highest BCUT2D eigenvalue weighted by molar-refractivity contribution is 8.18. The quantitative estimate of drug-likeness (QED) is 0.510. The standard InChI is InChI=1S/C19H16FN3O4S/c20-13-3-5-14(6-4-13)22-18(25)21-9-10-27-15-7-1-12(2-8-15)11-16-17(24)23-19(26)28-16/h1-8,11H,9-10H2,(H2,21,22,25)(H,23,24,26)/b16-11-.